The summed E-state index contributed by atoms with van der Waals surface area (Å²) in [5.74, 6) is -0.306. The lowest BCUT2D eigenvalue weighted by Crippen LogP contribution is -2.12. The first-order valence-corrected chi connectivity index (χ1v) is 9.84. The molecule has 0 saturated carbocycles. The Hall–Kier alpha value is -4.27. The van der Waals surface area contributed by atoms with Gasteiger partial charge in [0.25, 0.3) is 0 Å². The Bertz CT molecular complexity index is 1290. The predicted molar refractivity (Wildman–Crippen MR) is 118 cm³/mol. The lowest BCUT2D eigenvalue weighted by Gasteiger charge is -2.15. The van der Waals surface area contributed by atoms with Crippen molar-refractivity contribution < 1.29 is 19.1 Å². The summed E-state index contributed by atoms with van der Waals surface area (Å²) in [5.41, 5.74) is 2.35. The van der Waals surface area contributed by atoms with E-state index in [1.807, 2.05) is 37.3 Å². The molecule has 0 aliphatic carbocycles. The number of ether oxygens (including phenoxy) is 2. The van der Waals surface area contributed by atoms with E-state index in [1.165, 1.54) is 20.3 Å². The minimum absolute atomic E-state index is 0.000442. The van der Waals surface area contributed by atoms with Gasteiger partial charge in [-0.3, -0.25) is 4.57 Å². The van der Waals surface area contributed by atoms with E-state index in [9.17, 15) is 9.59 Å². The van der Waals surface area contributed by atoms with E-state index in [0.29, 0.717) is 22.8 Å². The molecular formula is C23H21N5O4. The van der Waals surface area contributed by atoms with E-state index in [4.69, 9.17) is 9.47 Å². The van der Waals surface area contributed by atoms with Crippen molar-refractivity contribution in [2.45, 2.75) is 13.0 Å². The molecule has 0 aliphatic rings. The molecule has 0 fully saturated rings. The third kappa shape index (κ3) is 4.00. The lowest BCUT2D eigenvalue weighted by atomic mass is 10.1. The summed E-state index contributed by atoms with van der Waals surface area (Å²) in [6.07, 6.45) is 3.21. The van der Waals surface area contributed by atoms with Crippen LogP contribution in [0, 0.1) is 0 Å². The molecule has 2 heterocycles. The number of hydrogen-bond donors (Lipinski definition) is 1. The summed E-state index contributed by atoms with van der Waals surface area (Å²) in [6.45, 7) is 2.02. The number of anilines is 1. The molecule has 4 aromatic rings. The topological polar surface area (TPSA) is 108 Å². The van der Waals surface area contributed by atoms with Gasteiger partial charge < -0.3 is 14.8 Å². The van der Waals surface area contributed by atoms with E-state index >= 15 is 0 Å². The first kappa shape index (κ1) is 21.0. The van der Waals surface area contributed by atoms with E-state index in [0.717, 1.165) is 5.56 Å². The number of aromatic nitrogens is 4. The first-order chi connectivity index (χ1) is 15.5. The summed E-state index contributed by atoms with van der Waals surface area (Å²) < 4.78 is 11.3. The molecule has 32 heavy (non-hydrogen) atoms. The largest absolute Gasteiger partial charge is 0.465 e. The number of rotatable bonds is 6. The third-order valence-corrected chi connectivity index (χ3v) is 5.03. The van der Waals surface area contributed by atoms with Gasteiger partial charge in [0.2, 0.25) is 5.95 Å². The van der Waals surface area contributed by atoms with Crippen LogP contribution in [0.5, 0.6) is 0 Å². The van der Waals surface area contributed by atoms with E-state index in [-0.39, 0.29) is 17.2 Å². The van der Waals surface area contributed by atoms with Gasteiger partial charge in [0.05, 0.1) is 42.4 Å². The lowest BCUT2D eigenvalue weighted by molar-refractivity contribution is 0.0555. The molecule has 4 rings (SSSR count). The van der Waals surface area contributed by atoms with Crippen molar-refractivity contribution in [1.29, 1.82) is 0 Å². The Labute approximate surface area is 184 Å². The number of benzene rings is 2. The molecule has 1 N–H and O–H groups in total. The van der Waals surface area contributed by atoms with Crippen LogP contribution in [-0.2, 0) is 9.47 Å². The van der Waals surface area contributed by atoms with Crippen molar-refractivity contribution in [3.05, 3.63) is 77.7 Å². The molecule has 0 amide bonds. The zero-order valence-electron chi connectivity index (χ0n) is 17.8. The molecule has 0 bridgehead atoms. The zero-order valence-corrected chi connectivity index (χ0v) is 17.8. The van der Waals surface area contributed by atoms with Gasteiger partial charge in [-0.25, -0.2) is 19.6 Å². The number of nitrogens with zero attached hydrogens (tertiary/aromatic N) is 4. The Morgan fingerprint density at radius 2 is 1.66 bits per heavy atom. The highest BCUT2D eigenvalue weighted by Gasteiger charge is 2.22. The molecule has 0 unspecified atom stereocenters. The summed E-state index contributed by atoms with van der Waals surface area (Å²) in [5, 5.41) is 3.29. The van der Waals surface area contributed by atoms with E-state index < -0.39 is 11.9 Å². The second kappa shape index (κ2) is 8.84. The summed E-state index contributed by atoms with van der Waals surface area (Å²) in [6, 6.07) is 14.7. The van der Waals surface area contributed by atoms with Crippen LogP contribution in [0.4, 0.5) is 5.95 Å². The van der Waals surface area contributed by atoms with Crippen molar-refractivity contribution in [3.63, 3.8) is 0 Å². The maximum atomic E-state index is 12.3. The third-order valence-electron chi connectivity index (χ3n) is 5.03. The van der Waals surface area contributed by atoms with Crippen LogP contribution in [-0.4, -0.2) is 45.7 Å². The highest BCUT2D eigenvalue weighted by molar-refractivity contribution is 6.06. The number of hydrogen-bond acceptors (Lipinski definition) is 8. The van der Waals surface area contributed by atoms with Crippen LogP contribution in [0.1, 0.15) is 39.2 Å². The SMILES string of the molecule is COC(=O)c1cc2ncn(-c3ccnc(N[C@@H](C)c4ccccc4)n3)c2cc1C(=O)OC. The van der Waals surface area contributed by atoms with Gasteiger partial charge in [-0.15, -0.1) is 0 Å². The van der Waals surface area contributed by atoms with Crippen LogP contribution < -0.4 is 5.32 Å². The number of esters is 2. The van der Waals surface area contributed by atoms with Crippen molar-refractivity contribution in [2.24, 2.45) is 0 Å². The molecule has 0 radical (unpaired) electrons. The van der Waals surface area contributed by atoms with Gasteiger partial charge in [0.1, 0.15) is 12.1 Å². The summed E-state index contributed by atoms with van der Waals surface area (Å²) >= 11 is 0. The molecule has 0 spiro atoms. The Balaban J connectivity index is 1.73. The van der Waals surface area contributed by atoms with Crippen molar-refractivity contribution >= 4 is 28.9 Å². The number of carbonyl (C=O) groups excluding carboxylic acids is 2. The molecule has 2 aromatic carbocycles. The molecule has 9 heteroatoms. The van der Waals surface area contributed by atoms with Gasteiger partial charge in [-0.2, -0.15) is 4.98 Å². The fourth-order valence-corrected chi connectivity index (χ4v) is 3.37. The molecule has 0 saturated heterocycles. The predicted octanol–water partition coefficient (Wildman–Crippen LogP) is 3.56. The minimum Gasteiger partial charge on any atom is -0.465 e. The van der Waals surface area contributed by atoms with Crippen LogP contribution in [0.3, 0.4) is 0 Å². The zero-order chi connectivity index (χ0) is 22.7. The molecule has 9 nitrogen and oxygen atoms in total. The smallest absolute Gasteiger partial charge is 0.338 e. The number of imidazole rings is 1. The van der Waals surface area contributed by atoms with Crippen LogP contribution >= 0.6 is 0 Å². The Kier molecular flexibility index (Phi) is 5.80. The average Bonchev–Trinajstić information content (AvgIpc) is 3.26. The van der Waals surface area contributed by atoms with Gasteiger partial charge >= 0.3 is 11.9 Å². The van der Waals surface area contributed by atoms with Crippen LogP contribution in [0.2, 0.25) is 0 Å². The van der Waals surface area contributed by atoms with E-state index in [2.05, 4.69) is 20.3 Å². The van der Waals surface area contributed by atoms with Crippen molar-refractivity contribution in [3.8, 4) is 5.82 Å². The number of carbonyl (C=O) groups is 2. The van der Waals surface area contributed by atoms with Crippen molar-refractivity contribution in [2.75, 3.05) is 19.5 Å². The van der Waals surface area contributed by atoms with Crippen molar-refractivity contribution in [1.82, 2.24) is 19.5 Å². The molecular weight excluding hydrogens is 410 g/mol. The van der Waals surface area contributed by atoms with Gasteiger partial charge in [0, 0.05) is 6.20 Å². The van der Waals surface area contributed by atoms with Crippen LogP contribution in [0.25, 0.3) is 16.9 Å². The average molecular weight is 431 g/mol. The molecule has 162 valence electrons. The minimum atomic E-state index is -0.651. The number of fused-ring (bicyclic) bond motifs is 1. The fourth-order valence-electron chi connectivity index (χ4n) is 3.37. The Morgan fingerprint density at radius 3 is 2.34 bits per heavy atom. The number of methoxy groups -OCH3 is 2. The Morgan fingerprint density at radius 1 is 0.969 bits per heavy atom. The van der Waals surface area contributed by atoms with Crippen LogP contribution in [0.15, 0.2) is 61.1 Å². The monoisotopic (exact) mass is 431 g/mol. The molecule has 0 aliphatic heterocycles. The van der Waals surface area contributed by atoms with Gasteiger partial charge in [-0.05, 0) is 30.7 Å². The maximum absolute atomic E-state index is 12.3. The molecule has 2 aromatic heterocycles. The second-order valence-electron chi connectivity index (χ2n) is 7.00. The summed E-state index contributed by atoms with van der Waals surface area (Å²) in [7, 11) is 2.50. The number of nitrogens with one attached hydrogen (secondary N) is 1. The quantitative estimate of drug-likeness (QED) is 0.462. The van der Waals surface area contributed by atoms with Gasteiger partial charge in [0.15, 0.2) is 0 Å². The van der Waals surface area contributed by atoms with E-state index in [1.54, 1.807) is 29.2 Å². The maximum Gasteiger partial charge on any atom is 0.338 e. The first-order valence-electron chi connectivity index (χ1n) is 9.84. The fraction of sp³-hybridized carbons (Fsp3) is 0.174. The highest BCUT2D eigenvalue weighted by Crippen LogP contribution is 2.24. The normalized spacial score (nSPS) is 11.7. The van der Waals surface area contributed by atoms with Gasteiger partial charge in [-0.1, -0.05) is 30.3 Å². The molecule has 1 atom stereocenters. The second-order valence-corrected chi connectivity index (χ2v) is 7.00. The summed E-state index contributed by atoms with van der Waals surface area (Å²) in [4.78, 5) is 37.7. The highest BCUT2D eigenvalue weighted by atomic mass is 16.5. The standard InChI is InChI=1S/C23H21N5O4/c1-14(15-7-5-4-6-8-15)26-23-24-10-9-20(27-23)28-13-25-18-11-16(21(29)31-2)17(12-19(18)28)22(30)32-3/h4-14H,1-3H3,(H,24,26,27)/t14-/m0/s1.